The van der Waals surface area contributed by atoms with E-state index in [1.54, 1.807) is 7.05 Å². The second kappa shape index (κ2) is 8.50. The summed E-state index contributed by atoms with van der Waals surface area (Å²) >= 11 is 0. The lowest BCUT2D eigenvalue weighted by Crippen LogP contribution is -2.53. The molecule has 6 nitrogen and oxygen atoms in total. The number of aliphatic hydroxyl groups is 1. The number of likely N-dealkylation sites (N-methyl/N-ethyl adjacent to an activating group) is 1. The third-order valence-corrected chi connectivity index (χ3v) is 3.70. The Kier molecular flexibility index (Phi) is 6.63. The van der Waals surface area contributed by atoms with Gasteiger partial charge in [0.05, 0.1) is 18.8 Å². The van der Waals surface area contributed by atoms with Crippen molar-refractivity contribution in [2.45, 2.75) is 18.3 Å². The highest BCUT2D eigenvalue weighted by Gasteiger charge is 2.30. The molecule has 0 aromatic heterocycles. The largest absolute Gasteiger partial charge is 0.491 e. The van der Waals surface area contributed by atoms with Crippen molar-refractivity contribution in [3.63, 3.8) is 0 Å². The van der Waals surface area contributed by atoms with E-state index in [1.165, 1.54) is 17.0 Å². The Morgan fingerprint density at radius 3 is 2.68 bits per heavy atom. The molecule has 2 rings (SSSR count). The molecule has 1 amide bonds. The fourth-order valence-electron chi connectivity index (χ4n) is 2.38. The van der Waals surface area contributed by atoms with Crippen molar-refractivity contribution in [2.75, 3.05) is 40.0 Å². The smallest absolute Gasteiger partial charge is 0.416 e. The molecule has 0 bridgehead atoms. The van der Waals surface area contributed by atoms with Crippen LogP contribution in [0.2, 0.25) is 0 Å². The molecule has 1 aromatic rings. The standard InChI is InChI=1S/C16H21F3N2O4/c1-21(15(23)14-10-24-7-6-20-14)8-12(22)9-25-13-4-2-11(3-5-13)16(17,18)19/h2-5,12,14,20,22H,6-10H2,1H3/t12-,14+/m0/s1. The second-order valence-electron chi connectivity index (χ2n) is 5.79. The van der Waals surface area contributed by atoms with E-state index in [0.717, 1.165) is 12.1 Å². The van der Waals surface area contributed by atoms with Gasteiger partial charge in [-0.3, -0.25) is 4.79 Å². The molecular formula is C16H21F3N2O4. The summed E-state index contributed by atoms with van der Waals surface area (Å²) in [7, 11) is 1.56. The number of hydrogen-bond acceptors (Lipinski definition) is 5. The Hall–Kier alpha value is -1.84. The van der Waals surface area contributed by atoms with Crippen LogP contribution in [0.25, 0.3) is 0 Å². The lowest BCUT2D eigenvalue weighted by atomic mass is 10.2. The highest BCUT2D eigenvalue weighted by molar-refractivity contribution is 5.81. The molecule has 9 heteroatoms. The van der Waals surface area contributed by atoms with Crippen molar-refractivity contribution >= 4 is 5.91 Å². The number of aliphatic hydroxyl groups excluding tert-OH is 1. The number of amides is 1. The van der Waals surface area contributed by atoms with Crippen LogP contribution in [0.4, 0.5) is 13.2 Å². The van der Waals surface area contributed by atoms with Gasteiger partial charge in [0.15, 0.2) is 0 Å². The maximum Gasteiger partial charge on any atom is 0.416 e. The zero-order valence-corrected chi connectivity index (χ0v) is 13.8. The molecule has 0 radical (unpaired) electrons. The van der Waals surface area contributed by atoms with Crippen molar-refractivity contribution in [3.05, 3.63) is 29.8 Å². The van der Waals surface area contributed by atoms with E-state index in [-0.39, 0.29) is 31.4 Å². The minimum absolute atomic E-state index is 0.0393. The average molecular weight is 362 g/mol. The van der Waals surface area contributed by atoms with E-state index < -0.39 is 23.9 Å². The van der Waals surface area contributed by atoms with Gasteiger partial charge in [-0.05, 0) is 24.3 Å². The molecule has 1 heterocycles. The first-order valence-corrected chi connectivity index (χ1v) is 7.81. The molecule has 0 saturated carbocycles. The number of carbonyl (C=O) groups is 1. The highest BCUT2D eigenvalue weighted by atomic mass is 19.4. The summed E-state index contributed by atoms with van der Waals surface area (Å²) in [5, 5.41) is 13.0. The van der Waals surface area contributed by atoms with Crippen molar-refractivity contribution in [1.82, 2.24) is 10.2 Å². The predicted molar refractivity (Wildman–Crippen MR) is 83.2 cm³/mol. The molecule has 25 heavy (non-hydrogen) atoms. The third kappa shape index (κ3) is 5.87. The molecule has 140 valence electrons. The van der Waals surface area contributed by atoms with Gasteiger partial charge >= 0.3 is 6.18 Å². The number of hydrogen-bond donors (Lipinski definition) is 2. The minimum Gasteiger partial charge on any atom is -0.491 e. The quantitative estimate of drug-likeness (QED) is 0.787. The first-order valence-electron chi connectivity index (χ1n) is 7.81. The van der Waals surface area contributed by atoms with E-state index in [0.29, 0.717) is 13.2 Å². The Morgan fingerprint density at radius 1 is 1.44 bits per heavy atom. The van der Waals surface area contributed by atoms with E-state index in [4.69, 9.17) is 9.47 Å². The zero-order valence-electron chi connectivity index (χ0n) is 13.8. The van der Waals surface area contributed by atoms with Crippen LogP contribution in [-0.2, 0) is 15.7 Å². The molecule has 1 saturated heterocycles. The van der Waals surface area contributed by atoms with Gasteiger partial charge in [-0.1, -0.05) is 0 Å². The highest BCUT2D eigenvalue weighted by Crippen LogP contribution is 2.30. The minimum atomic E-state index is -4.40. The first-order chi connectivity index (χ1) is 11.8. The van der Waals surface area contributed by atoms with Gasteiger partial charge in [0.2, 0.25) is 5.91 Å². The van der Waals surface area contributed by atoms with Crippen molar-refractivity contribution in [2.24, 2.45) is 0 Å². The van der Waals surface area contributed by atoms with Gasteiger partial charge in [-0.25, -0.2) is 0 Å². The van der Waals surface area contributed by atoms with Gasteiger partial charge in [-0.2, -0.15) is 13.2 Å². The van der Waals surface area contributed by atoms with Gasteiger partial charge in [-0.15, -0.1) is 0 Å². The van der Waals surface area contributed by atoms with Gasteiger partial charge in [0, 0.05) is 20.1 Å². The Balaban J connectivity index is 1.77. The van der Waals surface area contributed by atoms with E-state index in [2.05, 4.69) is 5.32 Å². The van der Waals surface area contributed by atoms with Crippen molar-refractivity contribution in [3.8, 4) is 5.75 Å². The number of halogens is 3. The Labute approximate surface area is 143 Å². The molecule has 1 aliphatic heterocycles. The molecule has 1 fully saturated rings. The number of ether oxygens (including phenoxy) is 2. The molecule has 0 unspecified atom stereocenters. The summed E-state index contributed by atoms with van der Waals surface area (Å²) in [6.45, 7) is 1.32. The molecule has 1 aliphatic rings. The number of alkyl halides is 3. The molecule has 2 atom stereocenters. The summed E-state index contributed by atoms with van der Waals surface area (Å²) in [4.78, 5) is 13.5. The van der Waals surface area contributed by atoms with Crippen LogP contribution in [0.5, 0.6) is 5.75 Å². The summed E-state index contributed by atoms with van der Waals surface area (Å²) in [5.74, 6) is 0.0108. The SMILES string of the molecule is CN(C[C@H](O)COc1ccc(C(F)(F)F)cc1)C(=O)[C@H]1COCCN1. The van der Waals surface area contributed by atoms with Gasteiger partial charge in [0.1, 0.15) is 24.5 Å². The number of nitrogens with zero attached hydrogens (tertiary/aromatic N) is 1. The average Bonchev–Trinajstić information content (AvgIpc) is 2.59. The monoisotopic (exact) mass is 362 g/mol. The summed E-state index contributed by atoms with van der Waals surface area (Å²) in [6, 6.07) is 3.75. The van der Waals surface area contributed by atoms with Crippen LogP contribution in [0.3, 0.4) is 0 Å². The van der Waals surface area contributed by atoms with E-state index >= 15 is 0 Å². The molecule has 2 N–H and O–H groups in total. The molecule has 0 spiro atoms. The molecule has 0 aliphatic carbocycles. The number of nitrogens with one attached hydrogen (secondary N) is 1. The number of benzene rings is 1. The number of rotatable bonds is 6. The zero-order chi connectivity index (χ0) is 18.4. The van der Waals surface area contributed by atoms with Crippen LogP contribution in [0.15, 0.2) is 24.3 Å². The lowest BCUT2D eigenvalue weighted by Gasteiger charge is -2.28. The maximum absolute atomic E-state index is 12.5. The molecular weight excluding hydrogens is 341 g/mol. The summed E-state index contributed by atoms with van der Waals surface area (Å²) in [6.07, 6.45) is -5.38. The van der Waals surface area contributed by atoms with Crippen molar-refractivity contribution < 1.29 is 32.5 Å². The fraction of sp³-hybridized carbons (Fsp3) is 0.562. The van der Waals surface area contributed by atoms with E-state index in [9.17, 15) is 23.1 Å². The number of morpholine rings is 1. The van der Waals surface area contributed by atoms with Gasteiger partial charge in [0.25, 0.3) is 0 Å². The third-order valence-electron chi connectivity index (χ3n) is 3.70. The van der Waals surface area contributed by atoms with Gasteiger partial charge < -0.3 is 24.8 Å². The fourth-order valence-corrected chi connectivity index (χ4v) is 2.38. The first kappa shape index (κ1) is 19.5. The van der Waals surface area contributed by atoms with Crippen LogP contribution < -0.4 is 10.1 Å². The predicted octanol–water partition coefficient (Wildman–Crippen LogP) is 0.892. The molecule has 1 aromatic carbocycles. The maximum atomic E-state index is 12.5. The topological polar surface area (TPSA) is 71.0 Å². The summed E-state index contributed by atoms with van der Waals surface area (Å²) < 4.78 is 47.9. The van der Waals surface area contributed by atoms with Crippen LogP contribution in [0.1, 0.15) is 5.56 Å². The Bertz CT molecular complexity index is 559. The number of carbonyl (C=O) groups excluding carboxylic acids is 1. The lowest BCUT2D eigenvalue weighted by molar-refractivity contribution is -0.137. The van der Waals surface area contributed by atoms with Crippen molar-refractivity contribution in [1.29, 1.82) is 0 Å². The van der Waals surface area contributed by atoms with E-state index in [1.807, 2.05) is 0 Å². The second-order valence-corrected chi connectivity index (χ2v) is 5.79. The normalized spacial score (nSPS) is 19.3. The Morgan fingerprint density at radius 2 is 2.12 bits per heavy atom. The summed E-state index contributed by atoms with van der Waals surface area (Å²) in [5.41, 5.74) is -0.770. The van der Waals surface area contributed by atoms with Crippen LogP contribution in [-0.4, -0.2) is 68.0 Å². The van der Waals surface area contributed by atoms with Crippen LogP contribution in [0, 0.1) is 0 Å². The van der Waals surface area contributed by atoms with Crippen LogP contribution >= 0.6 is 0 Å².